The lowest BCUT2D eigenvalue weighted by Crippen LogP contribution is -2.37. The Labute approximate surface area is 105 Å². The Balaban J connectivity index is 2.71. The molecule has 0 saturated heterocycles. The van der Waals surface area contributed by atoms with Gasteiger partial charge in [0.05, 0.1) is 0 Å². The molecule has 1 aromatic rings. The molecule has 0 radical (unpaired) electrons. The first-order valence-corrected chi connectivity index (χ1v) is 6.55. The van der Waals surface area contributed by atoms with E-state index in [1.807, 2.05) is 12.4 Å². The third-order valence-electron chi connectivity index (χ3n) is 3.19. The van der Waals surface area contributed by atoms with Crippen LogP contribution in [0, 0.1) is 6.92 Å². The van der Waals surface area contributed by atoms with E-state index in [0.29, 0.717) is 6.04 Å². The number of nitrogens with zero attached hydrogens (tertiary/aromatic N) is 2. The van der Waals surface area contributed by atoms with Gasteiger partial charge in [0.25, 0.3) is 0 Å². The Kier molecular flexibility index (Phi) is 6.16. The summed E-state index contributed by atoms with van der Waals surface area (Å²) in [4.78, 5) is 6.72. The van der Waals surface area contributed by atoms with Crippen LogP contribution in [0.5, 0.6) is 0 Å². The standard InChI is InChI=1S/C14H25N3/c1-4-14(5-2)17(7-6-15)11-13-8-12(3)9-16-10-13/h8-10,14H,4-7,11,15H2,1-3H3. The maximum Gasteiger partial charge on any atom is 0.0313 e. The van der Waals surface area contributed by atoms with E-state index in [2.05, 4.69) is 36.7 Å². The predicted molar refractivity (Wildman–Crippen MR) is 72.8 cm³/mol. The molecule has 3 heteroatoms. The van der Waals surface area contributed by atoms with E-state index in [-0.39, 0.29) is 0 Å². The van der Waals surface area contributed by atoms with Gasteiger partial charge in [-0.15, -0.1) is 0 Å². The van der Waals surface area contributed by atoms with Crippen molar-refractivity contribution < 1.29 is 0 Å². The van der Waals surface area contributed by atoms with Crippen LogP contribution in [0.1, 0.15) is 37.8 Å². The third kappa shape index (κ3) is 4.44. The zero-order chi connectivity index (χ0) is 12.7. The fraction of sp³-hybridized carbons (Fsp3) is 0.643. The molecular formula is C14H25N3. The summed E-state index contributed by atoms with van der Waals surface area (Å²) in [5, 5.41) is 0. The van der Waals surface area contributed by atoms with Gasteiger partial charge in [0, 0.05) is 38.1 Å². The highest BCUT2D eigenvalue weighted by Crippen LogP contribution is 2.13. The zero-order valence-corrected chi connectivity index (χ0v) is 11.3. The molecule has 0 bridgehead atoms. The number of aromatic nitrogens is 1. The van der Waals surface area contributed by atoms with Crippen LogP contribution in [0.15, 0.2) is 18.5 Å². The van der Waals surface area contributed by atoms with Crippen molar-refractivity contribution >= 4 is 0 Å². The molecule has 17 heavy (non-hydrogen) atoms. The van der Waals surface area contributed by atoms with Crippen molar-refractivity contribution in [2.45, 2.75) is 46.2 Å². The van der Waals surface area contributed by atoms with Crippen molar-refractivity contribution in [3.8, 4) is 0 Å². The highest BCUT2D eigenvalue weighted by molar-refractivity contribution is 5.16. The van der Waals surface area contributed by atoms with Gasteiger partial charge < -0.3 is 5.73 Å². The van der Waals surface area contributed by atoms with Gasteiger partial charge in [0.1, 0.15) is 0 Å². The quantitative estimate of drug-likeness (QED) is 0.788. The molecule has 2 N–H and O–H groups in total. The molecule has 0 unspecified atom stereocenters. The predicted octanol–water partition coefficient (Wildman–Crippen LogP) is 2.34. The SMILES string of the molecule is CCC(CC)N(CCN)Cc1cncc(C)c1. The Hall–Kier alpha value is -0.930. The molecule has 3 nitrogen and oxygen atoms in total. The van der Waals surface area contributed by atoms with Gasteiger partial charge >= 0.3 is 0 Å². The number of pyridine rings is 1. The van der Waals surface area contributed by atoms with Crippen LogP contribution < -0.4 is 5.73 Å². The zero-order valence-electron chi connectivity index (χ0n) is 11.3. The van der Waals surface area contributed by atoms with E-state index in [9.17, 15) is 0 Å². The van der Waals surface area contributed by atoms with Crippen LogP contribution in [0.2, 0.25) is 0 Å². The molecule has 0 spiro atoms. The molecule has 0 fully saturated rings. The summed E-state index contributed by atoms with van der Waals surface area (Å²) in [6, 6.07) is 2.83. The lowest BCUT2D eigenvalue weighted by molar-refractivity contribution is 0.182. The Bertz CT molecular complexity index is 321. The molecule has 0 saturated carbocycles. The highest BCUT2D eigenvalue weighted by atomic mass is 15.2. The van der Waals surface area contributed by atoms with Gasteiger partial charge in [-0.2, -0.15) is 0 Å². The molecule has 0 aliphatic heterocycles. The monoisotopic (exact) mass is 235 g/mol. The van der Waals surface area contributed by atoms with Crippen LogP contribution in [0.4, 0.5) is 0 Å². The van der Waals surface area contributed by atoms with Crippen molar-refractivity contribution in [1.82, 2.24) is 9.88 Å². The average Bonchev–Trinajstić information content (AvgIpc) is 2.31. The summed E-state index contributed by atoms with van der Waals surface area (Å²) < 4.78 is 0. The topological polar surface area (TPSA) is 42.1 Å². The summed E-state index contributed by atoms with van der Waals surface area (Å²) >= 11 is 0. The lowest BCUT2D eigenvalue weighted by Gasteiger charge is -2.30. The molecule has 0 aromatic carbocycles. The molecular weight excluding hydrogens is 210 g/mol. The van der Waals surface area contributed by atoms with Crippen LogP contribution in [-0.4, -0.2) is 29.0 Å². The number of aryl methyl sites for hydroxylation is 1. The molecule has 0 aliphatic rings. The van der Waals surface area contributed by atoms with Crippen molar-refractivity contribution in [3.63, 3.8) is 0 Å². The molecule has 1 aromatic heterocycles. The first kappa shape index (κ1) is 14.1. The molecule has 96 valence electrons. The fourth-order valence-corrected chi connectivity index (χ4v) is 2.30. The fourth-order valence-electron chi connectivity index (χ4n) is 2.30. The molecule has 0 amide bonds. The van der Waals surface area contributed by atoms with Crippen LogP contribution >= 0.6 is 0 Å². The van der Waals surface area contributed by atoms with Gasteiger partial charge in [-0.05, 0) is 30.9 Å². The second-order valence-corrected chi connectivity index (χ2v) is 4.60. The Morgan fingerprint density at radius 2 is 2.00 bits per heavy atom. The van der Waals surface area contributed by atoms with E-state index in [1.54, 1.807) is 0 Å². The minimum atomic E-state index is 0.624. The average molecular weight is 235 g/mol. The maximum atomic E-state index is 5.70. The highest BCUT2D eigenvalue weighted by Gasteiger charge is 2.14. The number of hydrogen-bond donors (Lipinski definition) is 1. The second kappa shape index (κ2) is 7.41. The van der Waals surface area contributed by atoms with Crippen LogP contribution in [-0.2, 0) is 6.54 Å². The van der Waals surface area contributed by atoms with Gasteiger partial charge in [0.15, 0.2) is 0 Å². The summed E-state index contributed by atoms with van der Waals surface area (Å²) in [6.45, 7) is 9.20. The van der Waals surface area contributed by atoms with E-state index in [4.69, 9.17) is 5.73 Å². The van der Waals surface area contributed by atoms with Crippen molar-refractivity contribution in [2.75, 3.05) is 13.1 Å². The summed E-state index contributed by atoms with van der Waals surface area (Å²) in [5.74, 6) is 0. The minimum Gasteiger partial charge on any atom is -0.329 e. The summed E-state index contributed by atoms with van der Waals surface area (Å²) in [7, 11) is 0. The Morgan fingerprint density at radius 1 is 1.29 bits per heavy atom. The van der Waals surface area contributed by atoms with Gasteiger partial charge in [-0.25, -0.2) is 0 Å². The first-order chi connectivity index (χ1) is 8.21. The van der Waals surface area contributed by atoms with Crippen molar-refractivity contribution in [3.05, 3.63) is 29.6 Å². The molecule has 1 heterocycles. The smallest absolute Gasteiger partial charge is 0.0313 e. The van der Waals surface area contributed by atoms with Gasteiger partial charge in [-0.1, -0.05) is 19.9 Å². The summed E-state index contributed by atoms with van der Waals surface area (Å²) in [6.07, 6.45) is 6.21. The lowest BCUT2D eigenvalue weighted by atomic mass is 10.1. The first-order valence-electron chi connectivity index (χ1n) is 6.55. The number of nitrogens with two attached hydrogens (primary N) is 1. The van der Waals surface area contributed by atoms with E-state index in [1.165, 1.54) is 24.0 Å². The minimum absolute atomic E-state index is 0.624. The summed E-state index contributed by atoms with van der Waals surface area (Å²) in [5.41, 5.74) is 8.21. The normalized spacial score (nSPS) is 11.4. The third-order valence-corrected chi connectivity index (χ3v) is 3.19. The molecule has 0 aliphatic carbocycles. The van der Waals surface area contributed by atoms with E-state index in [0.717, 1.165) is 19.6 Å². The van der Waals surface area contributed by atoms with E-state index < -0.39 is 0 Å². The van der Waals surface area contributed by atoms with E-state index >= 15 is 0 Å². The number of rotatable bonds is 7. The van der Waals surface area contributed by atoms with Crippen molar-refractivity contribution in [2.24, 2.45) is 5.73 Å². The van der Waals surface area contributed by atoms with Crippen LogP contribution in [0.3, 0.4) is 0 Å². The van der Waals surface area contributed by atoms with Gasteiger partial charge in [-0.3, -0.25) is 9.88 Å². The Morgan fingerprint density at radius 3 is 2.53 bits per heavy atom. The maximum absolute atomic E-state index is 5.70. The molecule has 0 atom stereocenters. The second-order valence-electron chi connectivity index (χ2n) is 4.60. The van der Waals surface area contributed by atoms with Gasteiger partial charge in [0.2, 0.25) is 0 Å². The molecule has 1 rings (SSSR count). The van der Waals surface area contributed by atoms with Crippen molar-refractivity contribution in [1.29, 1.82) is 0 Å². The number of hydrogen-bond acceptors (Lipinski definition) is 3. The van der Waals surface area contributed by atoms with Crippen LogP contribution in [0.25, 0.3) is 0 Å². The largest absolute Gasteiger partial charge is 0.329 e.